The van der Waals surface area contributed by atoms with Gasteiger partial charge in [-0.15, -0.1) is 0 Å². The molecule has 3 aliphatic heterocycles. The smallest absolute Gasteiger partial charge is 0.317 e. The molecule has 3 heterocycles. The summed E-state index contributed by atoms with van der Waals surface area (Å²) in [6.45, 7) is 2.69. The van der Waals surface area contributed by atoms with E-state index < -0.39 is 5.97 Å². The highest BCUT2D eigenvalue weighted by Gasteiger charge is 2.36. The third kappa shape index (κ3) is 3.69. The zero-order valence-corrected chi connectivity index (χ0v) is 15.7. The van der Waals surface area contributed by atoms with Crippen molar-refractivity contribution in [1.29, 1.82) is 0 Å². The van der Waals surface area contributed by atoms with Gasteiger partial charge in [0.25, 0.3) is 0 Å². The second kappa shape index (κ2) is 7.79. The van der Waals surface area contributed by atoms with Crippen LogP contribution in [0.15, 0.2) is 18.2 Å². The highest BCUT2D eigenvalue weighted by molar-refractivity contribution is 6.02. The molecule has 4 rings (SSSR count). The zero-order valence-electron chi connectivity index (χ0n) is 15.7. The number of carbonyl (C=O) groups is 3. The van der Waals surface area contributed by atoms with Crippen molar-refractivity contribution >= 4 is 23.5 Å². The molecule has 8 heteroatoms. The van der Waals surface area contributed by atoms with Gasteiger partial charge in [-0.25, -0.2) is 0 Å². The van der Waals surface area contributed by atoms with Crippen molar-refractivity contribution in [2.24, 2.45) is 0 Å². The number of carboxylic acid groups (broad SMARTS) is 1. The Hall–Kier alpha value is -2.61. The summed E-state index contributed by atoms with van der Waals surface area (Å²) in [5.41, 5.74) is 2.04. The number of amides is 2. The van der Waals surface area contributed by atoms with Gasteiger partial charge in [0, 0.05) is 6.42 Å². The summed E-state index contributed by atoms with van der Waals surface area (Å²) in [6, 6.07) is 5.68. The van der Waals surface area contributed by atoms with Gasteiger partial charge in [-0.3, -0.25) is 24.6 Å². The number of fused-ring (bicyclic) bond motifs is 1. The number of carbonyl (C=O) groups excluding carboxylic acids is 2. The topological polar surface area (TPSA) is 99.2 Å². The van der Waals surface area contributed by atoms with Crippen molar-refractivity contribution in [1.82, 2.24) is 10.2 Å². The fourth-order valence-electron chi connectivity index (χ4n) is 4.51. The van der Waals surface area contributed by atoms with E-state index in [9.17, 15) is 14.4 Å². The number of nitrogens with zero attached hydrogens (tertiary/aromatic N) is 2. The number of aliphatic carboxylic acids is 1. The molecule has 1 atom stereocenters. The standard InChI is InChI=1S/C20H25N3O5/c24-17-5-4-16(20(27)21-17)23-10-11-28-19-14(2-1-3-15(19)23)13-6-8-22(9-7-13)12-18(25)26/h1-3,13,16H,4-12H2,(H,25,26)(H,21,24,27)/t16-/m1/s1. The van der Waals surface area contributed by atoms with Gasteiger partial charge >= 0.3 is 5.97 Å². The predicted octanol–water partition coefficient (Wildman–Crippen LogP) is 0.955. The van der Waals surface area contributed by atoms with E-state index in [0.717, 1.165) is 42.9 Å². The molecule has 28 heavy (non-hydrogen) atoms. The highest BCUT2D eigenvalue weighted by Crippen LogP contribution is 2.42. The van der Waals surface area contributed by atoms with Crippen LogP contribution >= 0.6 is 0 Å². The number of nitrogens with one attached hydrogen (secondary N) is 1. The molecule has 150 valence electrons. The number of likely N-dealkylation sites (tertiary alicyclic amines) is 1. The molecule has 3 aliphatic rings. The lowest BCUT2D eigenvalue weighted by molar-refractivity contribution is -0.138. The molecule has 0 unspecified atom stereocenters. The summed E-state index contributed by atoms with van der Waals surface area (Å²) in [6.07, 6.45) is 2.63. The van der Waals surface area contributed by atoms with E-state index >= 15 is 0 Å². The minimum atomic E-state index is -0.793. The Balaban J connectivity index is 1.54. The van der Waals surface area contributed by atoms with Crippen LogP contribution in [0.4, 0.5) is 5.69 Å². The van der Waals surface area contributed by atoms with Gasteiger partial charge in [-0.1, -0.05) is 12.1 Å². The first kappa shape index (κ1) is 18.7. The number of para-hydroxylation sites is 1. The number of imide groups is 1. The second-order valence-electron chi connectivity index (χ2n) is 7.65. The largest absolute Gasteiger partial charge is 0.489 e. The number of ether oxygens (including phenoxy) is 1. The van der Waals surface area contributed by atoms with Gasteiger partial charge in [0.1, 0.15) is 18.4 Å². The molecule has 1 aromatic carbocycles. The van der Waals surface area contributed by atoms with Crippen molar-refractivity contribution in [2.45, 2.75) is 37.6 Å². The van der Waals surface area contributed by atoms with E-state index in [1.807, 2.05) is 17.0 Å². The number of hydrogen-bond acceptors (Lipinski definition) is 6. The Morgan fingerprint density at radius 3 is 2.68 bits per heavy atom. The summed E-state index contributed by atoms with van der Waals surface area (Å²) >= 11 is 0. The number of anilines is 1. The summed E-state index contributed by atoms with van der Waals surface area (Å²) < 4.78 is 6.03. The molecule has 2 fully saturated rings. The molecule has 1 aromatic rings. The second-order valence-corrected chi connectivity index (χ2v) is 7.65. The van der Waals surface area contributed by atoms with Crippen molar-refractivity contribution < 1.29 is 24.2 Å². The summed E-state index contributed by atoms with van der Waals surface area (Å²) in [7, 11) is 0. The molecule has 0 aromatic heterocycles. The van der Waals surface area contributed by atoms with Crippen LogP contribution < -0.4 is 15.0 Å². The van der Waals surface area contributed by atoms with Crippen LogP contribution in [0.2, 0.25) is 0 Å². The van der Waals surface area contributed by atoms with Crippen molar-refractivity contribution in [3.63, 3.8) is 0 Å². The molecule has 0 aliphatic carbocycles. The van der Waals surface area contributed by atoms with Crippen LogP contribution in [-0.4, -0.2) is 66.6 Å². The third-order valence-electron chi connectivity index (χ3n) is 5.89. The summed E-state index contributed by atoms with van der Waals surface area (Å²) in [5.74, 6) is -0.108. The zero-order chi connectivity index (χ0) is 19.7. The maximum absolute atomic E-state index is 12.4. The summed E-state index contributed by atoms with van der Waals surface area (Å²) in [5, 5.41) is 11.4. The van der Waals surface area contributed by atoms with E-state index in [4.69, 9.17) is 9.84 Å². The molecule has 0 spiro atoms. The van der Waals surface area contributed by atoms with Crippen molar-refractivity contribution in [3.8, 4) is 5.75 Å². The maximum Gasteiger partial charge on any atom is 0.317 e. The van der Waals surface area contributed by atoms with Gasteiger partial charge < -0.3 is 14.7 Å². The Bertz CT molecular complexity index is 788. The Labute approximate surface area is 163 Å². The fraction of sp³-hybridized carbons (Fsp3) is 0.550. The fourth-order valence-corrected chi connectivity index (χ4v) is 4.51. The van der Waals surface area contributed by atoms with Gasteiger partial charge in [0.15, 0.2) is 0 Å². The molecule has 2 N–H and O–H groups in total. The Morgan fingerprint density at radius 2 is 1.96 bits per heavy atom. The minimum Gasteiger partial charge on any atom is -0.489 e. The number of benzene rings is 1. The quantitative estimate of drug-likeness (QED) is 0.742. The first-order valence-corrected chi connectivity index (χ1v) is 9.83. The number of piperidine rings is 2. The molecular weight excluding hydrogens is 362 g/mol. The molecular formula is C20H25N3O5. The van der Waals surface area contributed by atoms with Gasteiger partial charge in [-0.2, -0.15) is 0 Å². The number of rotatable bonds is 4. The monoisotopic (exact) mass is 387 g/mol. The molecule has 2 saturated heterocycles. The van der Waals surface area contributed by atoms with E-state index in [1.54, 1.807) is 0 Å². The average Bonchev–Trinajstić information content (AvgIpc) is 2.67. The van der Waals surface area contributed by atoms with E-state index in [1.165, 1.54) is 0 Å². The minimum absolute atomic E-state index is 0.0827. The Morgan fingerprint density at radius 1 is 1.18 bits per heavy atom. The first-order valence-electron chi connectivity index (χ1n) is 9.83. The molecule has 2 amide bonds. The lowest BCUT2D eigenvalue weighted by Crippen LogP contribution is -2.54. The first-order chi connectivity index (χ1) is 13.5. The third-order valence-corrected chi connectivity index (χ3v) is 5.89. The van der Waals surface area contributed by atoms with Gasteiger partial charge in [-0.05, 0) is 49.9 Å². The van der Waals surface area contributed by atoms with E-state index in [2.05, 4.69) is 16.3 Å². The normalized spacial score (nSPS) is 23.7. The van der Waals surface area contributed by atoms with Crippen LogP contribution in [0.1, 0.15) is 37.2 Å². The van der Waals surface area contributed by atoms with Crippen LogP contribution in [0, 0.1) is 0 Å². The van der Waals surface area contributed by atoms with E-state index in [0.29, 0.717) is 31.9 Å². The Kier molecular flexibility index (Phi) is 5.21. The lowest BCUT2D eigenvalue weighted by Gasteiger charge is -2.40. The maximum atomic E-state index is 12.4. The van der Waals surface area contributed by atoms with Crippen LogP contribution in [0.3, 0.4) is 0 Å². The lowest BCUT2D eigenvalue weighted by atomic mass is 9.87. The van der Waals surface area contributed by atoms with Crippen LogP contribution in [0.5, 0.6) is 5.75 Å². The average molecular weight is 387 g/mol. The van der Waals surface area contributed by atoms with Crippen LogP contribution in [0.25, 0.3) is 0 Å². The molecule has 0 radical (unpaired) electrons. The van der Waals surface area contributed by atoms with Crippen molar-refractivity contribution in [3.05, 3.63) is 23.8 Å². The van der Waals surface area contributed by atoms with E-state index in [-0.39, 0.29) is 24.4 Å². The SMILES string of the molecule is O=C(O)CN1CCC(c2cccc3c2OCCN3[C@@H]2CCC(=O)NC2=O)CC1. The van der Waals surface area contributed by atoms with Gasteiger partial charge in [0.2, 0.25) is 11.8 Å². The molecule has 8 nitrogen and oxygen atoms in total. The van der Waals surface area contributed by atoms with Crippen molar-refractivity contribution in [2.75, 3.05) is 37.7 Å². The molecule has 0 saturated carbocycles. The highest BCUT2D eigenvalue weighted by atomic mass is 16.5. The van der Waals surface area contributed by atoms with Gasteiger partial charge in [0.05, 0.1) is 18.8 Å². The number of hydrogen-bond donors (Lipinski definition) is 2. The predicted molar refractivity (Wildman–Crippen MR) is 102 cm³/mol. The molecule has 0 bridgehead atoms. The summed E-state index contributed by atoms with van der Waals surface area (Å²) in [4.78, 5) is 38.8. The van der Waals surface area contributed by atoms with Crippen LogP contribution in [-0.2, 0) is 14.4 Å². The number of carboxylic acids is 1.